The lowest BCUT2D eigenvalue weighted by Gasteiger charge is -2.12. The zero-order valence-corrected chi connectivity index (χ0v) is 8.29. The zero-order valence-electron chi connectivity index (χ0n) is 8.29. The summed E-state index contributed by atoms with van der Waals surface area (Å²) in [4.78, 5) is 0. The summed E-state index contributed by atoms with van der Waals surface area (Å²) < 4.78 is 5.44. The monoisotopic (exact) mass is 174 g/mol. The van der Waals surface area contributed by atoms with Gasteiger partial charge in [-0.1, -0.05) is 24.3 Å². The van der Waals surface area contributed by atoms with E-state index in [1.54, 1.807) is 7.11 Å². The van der Waals surface area contributed by atoms with Gasteiger partial charge in [-0.15, -0.1) is 0 Å². The average Bonchev–Trinajstić information content (AvgIpc) is 2.43. The highest BCUT2D eigenvalue weighted by atomic mass is 16.5. The molecule has 1 aliphatic rings. The highest BCUT2D eigenvalue weighted by molar-refractivity contribution is 5.67. The summed E-state index contributed by atoms with van der Waals surface area (Å²) in [6, 6.07) is 6.37. The van der Waals surface area contributed by atoms with Crippen LogP contribution in [0.1, 0.15) is 29.7 Å². The topological polar surface area (TPSA) is 9.23 Å². The Balaban J connectivity index is 2.57. The van der Waals surface area contributed by atoms with Crippen LogP contribution in [0.3, 0.4) is 0 Å². The molecule has 1 nitrogen and oxygen atoms in total. The quantitative estimate of drug-likeness (QED) is 0.635. The maximum absolute atomic E-state index is 5.44. The minimum Gasteiger partial charge on any atom is -0.372 e. The van der Waals surface area contributed by atoms with E-state index < -0.39 is 0 Å². The van der Waals surface area contributed by atoms with Crippen LogP contribution in [-0.2, 0) is 4.74 Å². The van der Waals surface area contributed by atoms with Gasteiger partial charge in [0.25, 0.3) is 0 Å². The molecule has 13 heavy (non-hydrogen) atoms. The van der Waals surface area contributed by atoms with Crippen LogP contribution in [0.2, 0.25) is 0 Å². The minimum absolute atomic E-state index is 0.176. The third kappa shape index (κ3) is 1.20. The third-order valence-electron chi connectivity index (χ3n) is 2.66. The summed E-state index contributed by atoms with van der Waals surface area (Å²) >= 11 is 0. The smallest absolute Gasteiger partial charge is 0.104 e. The lowest BCUT2D eigenvalue weighted by Crippen LogP contribution is -1.99. The number of rotatable bonds is 1. The van der Waals surface area contributed by atoms with E-state index in [4.69, 9.17) is 4.74 Å². The van der Waals surface area contributed by atoms with Crippen molar-refractivity contribution in [2.24, 2.45) is 0 Å². The van der Waals surface area contributed by atoms with Gasteiger partial charge >= 0.3 is 0 Å². The van der Waals surface area contributed by atoms with Gasteiger partial charge in [0.15, 0.2) is 0 Å². The summed E-state index contributed by atoms with van der Waals surface area (Å²) in [7, 11) is 1.76. The van der Waals surface area contributed by atoms with E-state index in [1.165, 1.54) is 22.3 Å². The molecule has 0 saturated carbocycles. The molecule has 1 aromatic rings. The van der Waals surface area contributed by atoms with Gasteiger partial charge in [0.2, 0.25) is 0 Å². The van der Waals surface area contributed by atoms with Gasteiger partial charge in [-0.3, -0.25) is 0 Å². The number of aryl methyl sites for hydroxylation is 1. The largest absolute Gasteiger partial charge is 0.372 e. The van der Waals surface area contributed by atoms with Gasteiger partial charge in [0, 0.05) is 7.11 Å². The molecule has 0 spiro atoms. The molecule has 0 bridgehead atoms. The Kier molecular flexibility index (Phi) is 1.97. The van der Waals surface area contributed by atoms with Crippen LogP contribution in [0, 0.1) is 6.92 Å². The molecule has 1 heteroatoms. The molecule has 0 heterocycles. The van der Waals surface area contributed by atoms with Gasteiger partial charge in [-0.25, -0.2) is 0 Å². The SMILES string of the molecule is COC1C(C)=Cc2c(C)cccc21. The molecule has 0 aliphatic heterocycles. The summed E-state index contributed by atoms with van der Waals surface area (Å²) in [6.07, 6.45) is 2.40. The maximum atomic E-state index is 5.44. The van der Waals surface area contributed by atoms with Crippen molar-refractivity contribution in [1.82, 2.24) is 0 Å². The molecule has 1 aliphatic carbocycles. The van der Waals surface area contributed by atoms with Crippen LogP contribution >= 0.6 is 0 Å². The Morgan fingerprint density at radius 3 is 2.69 bits per heavy atom. The lowest BCUT2D eigenvalue weighted by molar-refractivity contribution is 0.136. The van der Waals surface area contributed by atoms with Crippen molar-refractivity contribution in [3.05, 3.63) is 40.5 Å². The van der Waals surface area contributed by atoms with E-state index in [0.717, 1.165) is 0 Å². The van der Waals surface area contributed by atoms with Gasteiger partial charge in [-0.2, -0.15) is 0 Å². The fourth-order valence-electron chi connectivity index (χ4n) is 1.99. The average molecular weight is 174 g/mol. The summed E-state index contributed by atoms with van der Waals surface area (Å²) in [5.41, 5.74) is 5.27. The van der Waals surface area contributed by atoms with Crippen LogP contribution < -0.4 is 0 Å². The van der Waals surface area contributed by atoms with Crippen LogP contribution in [0.4, 0.5) is 0 Å². The van der Waals surface area contributed by atoms with Crippen molar-refractivity contribution < 1.29 is 4.74 Å². The zero-order chi connectivity index (χ0) is 9.42. The van der Waals surface area contributed by atoms with Crippen LogP contribution in [0.15, 0.2) is 23.8 Å². The molecule has 0 fully saturated rings. The molecule has 2 rings (SSSR count). The van der Waals surface area contributed by atoms with E-state index in [9.17, 15) is 0 Å². The molecule has 0 N–H and O–H groups in total. The first kappa shape index (κ1) is 8.52. The number of fused-ring (bicyclic) bond motifs is 1. The molecule has 1 atom stereocenters. The maximum Gasteiger partial charge on any atom is 0.104 e. The van der Waals surface area contributed by atoms with Gasteiger partial charge < -0.3 is 4.74 Å². The van der Waals surface area contributed by atoms with E-state index in [0.29, 0.717) is 0 Å². The standard InChI is InChI=1S/C12H14O/c1-8-5-4-6-10-11(8)7-9(2)12(10)13-3/h4-7,12H,1-3H3. The second-order valence-electron chi connectivity index (χ2n) is 3.58. The molecule has 68 valence electrons. The number of benzene rings is 1. The van der Waals surface area contributed by atoms with Gasteiger partial charge in [0.1, 0.15) is 6.10 Å². The summed E-state index contributed by atoms with van der Waals surface area (Å²) in [5.74, 6) is 0. The fraction of sp³-hybridized carbons (Fsp3) is 0.333. The highest BCUT2D eigenvalue weighted by Crippen LogP contribution is 2.37. The van der Waals surface area contributed by atoms with E-state index in [-0.39, 0.29) is 6.10 Å². The molecule has 0 amide bonds. The van der Waals surface area contributed by atoms with Crippen molar-refractivity contribution >= 4 is 6.08 Å². The van der Waals surface area contributed by atoms with Gasteiger partial charge in [0.05, 0.1) is 0 Å². The first-order valence-corrected chi connectivity index (χ1v) is 4.54. The Bertz CT molecular complexity index is 363. The first-order valence-electron chi connectivity index (χ1n) is 4.54. The van der Waals surface area contributed by atoms with Crippen LogP contribution in [0.25, 0.3) is 6.08 Å². The Morgan fingerprint density at radius 1 is 1.23 bits per heavy atom. The van der Waals surface area contributed by atoms with Crippen molar-refractivity contribution in [3.63, 3.8) is 0 Å². The molecular formula is C12H14O. The Hall–Kier alpha value is -1.08. The minimum atomic E-state index is 0.176. The number of hydrogen-bond donors (Lipinski definition) is 0. The predicted molar refractivity (Wildman–Crippen MR) is 54.6 cm³/mol. The van der Waals surface area contributed by atoms with Gasteiger partial charge in [-0.05, 0) is 36.1 Å². The predicted octanol–water partition coefficient (Wildman–Crippen LogP) is 3.10. The Labute approximate surface area is 79.0 Å². The molecule has 0 saturated heterocycles. The molecule has 0 aromatic heterocycles. The lowest BCUT2D eigenvalue weighted by atomic mass is 10.0. The molecule has 0 radical (unpaired) electrons. The first-order chi connectivity index (χ1) is 6.24. The number of hydrogen-bond acceptors (Lipinski definition) is 1. The second kappa shape index (κ2) is 3.00. The molecular weight excluding hydrogens is 160 g/mol. The highest BCUT2D eigenvalue weighted by Gasteiger charge is 2.22. The van der Waals surface area contributed by atoms with Crippen molar-refractivity contribution in [3.8, 4) is 0 Å². The van der Waals surface area contributed by atoms with E-state index in [2.05, 4.69) is 38.1 Å². The van der Waals surface area contributed by atoms with Crippen LogP contribution in [-0.4, -0.2) is 7.11 Å². The summed E-state index contributed by atoms with van der Waals surface area (Å²) in [6.45, 7) is 4.26. The normalized spacial score (nSPS) is 19.9. The second-order valence-corrected chi connectivity index (χ2v) is 3.58. The number of ether oxygens (including phenoxy) is 1. The summed E-state index contributed by atoms with van der Waals surface area (Å²) in [5, 5.41) is 0. The van der Waals surface area contributed by atoms with Crippen LogP contribution in [0.5, 0.6) is 0 Å². The van der Waals surface area contributed by atoms with Crippen molar-refractivity contribution in [2.45, 2.75) is 20.0 Å². The van der Waals surface area contributed by atoms with E-state index in [1.807, 2.05) is 0 Å². The van der Waals surface area contributed by atoms with Crippen molar-refractivity contribution in [2.75, 3.05) is 7.11 Å². The molecule has 1 aromatic carbocycles. The van der Waals surface area contributed by atoms with Crippen molar-refractivity contribution in [1.29, 1.82) is 0 Å². The third-order valence-corrected chi connectivity index (χ3v) is 2.66. The molecule has 1 unspecified atom stereocenters. The fourth-order valence-corrected chi connectivity index (χ4v) is 1.99. The Morgan fingerprint density at radius 2 is 2.00 bits per heavy atom. The van der Waals surface area contributed by atoms with E-state index >= 15 is 0 Å². The number of methoxy groups -OCH3 is 1.